The number of rotatable bonds is 3. The Morgan fingerprint density at radius 2 is 1.93 bits per heavy atom. The zero-order valence-electron chi connectivity index (χ0n) is 7.91. The summed E-state index contributed by atoms with van der Waals surface area (Å²) in [7, 11) is 0. The molecule has 0 spiro atoms. The van der Waals surface area contributed by atoms with Crippen molar-refractivity contribution in [3.8, 4) is 5.75 Å². The van der Waals surface area contributed by atoms with Gasteiger partial charge in [-0.25, -0.2) is 4.39 Å². The van der Waals surface area contributed by atoms with Crippen molar-refractivity contribution in [1.29, 1.82) is 0 Å². The van der Waals surface area contributed by atoms with E-state index < -0.39 is 18.5 Å². The van der Waals surface area contributed by atoms with Crippen LogP contribution in [-0.4, -0.2) is 6.61 Å². The fourth-order valence-electron chi connectivity index (χ4n) is 1.05. The highest BCUT2D eigenvalue weighted by molar-refractivity contribution is 5.85. The predicted octanol–water partition coefficient (Wildman–Crippen LogP) is 2.87. The third kappa shape index (κ3) is 3.97. The first kappa shape index (κ1) is 14.1. The summed E-state index contributed by atoms with van der Waals surface area (Å²) in [6, 6.07) is 2.80. The molecule has 1 rings (SSSR count). The molecule has 0 radical (unpaired) electrons. The second-order valence-electron chi connectivity index (χ2n) is 2.85. The van der Waals surface area contributed by atoms with Gasteiger partial charge in [-0.05, 0) is 25.1 Å². The van der Waals surface area contributed by atoms with E-state index in [4.69, 9.17) is 5.73 Å². The first-order valence-corrected chi connectivity index (χ1v) is 4.00. The largest absolute Gasteiger partial charge is 0.435 e. The van der Waals surface area contributed by atoms with Gasteiger partial charge in [0.05, 0.1) is 0 Å². The third-order valence-electron chi connectivity index (χ3n) is 1.68. The summed E-state index contributed by atoms with van der Waals surface area (Å²) in [4.78, 5) is 0. The van der Waals surface area contributed by atoms with Gasteiger partial charge in [-0.1, -0.05) is 0 Å². The molecule has 0 aliphatic heterocycles. The van der Waals surface area contributed by atoms with Crippen LogP contribution in [0.4, 0.5) is 13.2 Å². The maximum Gasteiger partial charge on any atom is 0.387 e. The summed E-state index contributed by atoms with van der Waals surface area (Å²) in [6.45, 7) is -1.36. The minimum Gasteiger partial charge on any atom is -0.435 e. The Balaban J connectivity index is 0.00000196. The predicted molar refractivity (Wildman–Crippen MR) is 52.9 cm³/mol. The topological polar surface area (TPSA) is 35.2 Å². The zero-order chi connectivity index (χ0) is 10.7. The monoisotopic (exact) mass is 241 g/mol. The van der Waals surface area contributed by atoms with Crippen molar-refractivity contribution in [3.63, 3.8) is 0 Å². The molecule has 1 aromatic carbocycles. The molecule has 15 heavy (non-hydrogen) atoms. The maximum atomic E-state index is 13.0. The molecule has 1 aromatic rings. The lowest BCUT2D eigenvalue weighted by Crippen LogP contribution is -2.09. The zero-order valence-corrected chi connectivity index (χ0v) is 8.73. The lowest BCUT2D eigenvalue weighted by molar-refractivity contribution is -0.0499. The Morgan fingerprint density at radius 3 is 2.40 bits per heavy atom. The van der Waals surface area contributed by atoms with Crippen LogP contribution in [0.2, 0.25) is 0 Å². The Morgan fingerprint density at radius 1 is 1.33 bits per heavy atom. The fraction of sp³-hybridized carbons (Fsp3) is 0.333. The van der Waals surface area contributed by atoms with E-state index in [1.54, 1.807) is 6.92 Å². The lowest BCUT2D eigenvalue weighted by Gasteiger charge is -2.10. The Hall–Kier alpha value is -0.940. The molecule has 0 aliphatic rings. The minimum atomic E-state index is -2.92. The summed E-state index contributed by atoms with van der Waals surface area (Å²) in [6.07, 6.45) is 0. The van der Waals surface area contributed by atoms with E-state index in [-0.39, 0.29) is 23.7 Å². The third-order valence-corrected chi connectivity index (χ3v) is 1.68. The maximum absolute atomic E-state index is 13.0. The van der Waals surface area contributed by atoms with Gasteiger partial charge in [-0.2, -0.15) is 8.78 Å². The SMILES string of the molecule is C[C@H](N)c1cc(OC(F)F)ccc1F.Cl. The standard InChI is InChI=1S/C9H10F3NO.ClH/c1-5(13)7-4-6(14-9(11)12)2-3-8(7)10;/h2-5,9H,13H2,1H3;1H/t5-;/m0./s1. The molecule has 0 saturated heterocycles. The average Bonchev–Trinajstić information content (AvgIpc) is 2.07. The van der Waals surface area contributed by atoms with Crippen LogP contribution in [0, 0.1) is 5.82 Å². The number of hydrogen-bond donors (Lipinski definition) is 1. The summed E-state index contributed by atoms with van der Waals surface area (Å²) >= 11 is 0. The Bertz CT molecular complexity index is 320. The van der Waals surface area contributed by atoms with Crippen molar-refractivity contribution in [1.82, 2.24) is 0 Å². The van der Waals surface area contributed by atoms with E-state index in [9.17, 15) is 13.2 Å². The summed E-state index contributed by atoms with van der Waals surface area (Å²) < 4.78 is 40.8. The van der Waals surface area contributed by atoms with E-state index in [0.29, 0.717) is 0 Å². The smallest absolute Gasteiger partial charge is 0.387 e. The molecular formula is C9H11ClF3NO. The van der Waals surface area contributed by atoms with Crippen molar-refractivity contribution in [2.45, 2.75) is 19.6 Å². The van der Waals surface area contributed by atoms with Crippen molar-refractivity contribution in [2.75, 3.05) is 0 Å². The second kappa shape index (κ2) is 5.82. The van der Waals surface area contributed by atoms with Crippen LogP contribution in [-0.2, 0) is 0 Å². The van der Waals surface area contributed by atoms with Gasteiger partial charge in [0, 0.05) is 11.6 Å². The molecule has 2 N–H and O–H groups in total. The van der Waals surface area contributed by atoms with Crippen molar-refractivity contribution >= 4 is 12.4 Å². The molecular weight excluding hydrogens is 231 g/mol. The van der Waals surface area contributed by atoms with Crippen molar-refractivity contribution in [3.05, 3.63) is 29.6 Å². The molecule has 2 nitrogen and oxygen atoms in total. The fourth-order valence-corrected chi connectivity index (χ4v) is 1.05. The van der Waals surface area contributed by atoms with Crippen LogP contribution in [0.5, 0.6) is 5.75 Å². The normalized spacial score (nSPS) is 12.1. The molecule has 1 atom stereocenters. The molecule has 86 valence electrons. The second-order valence-corrected chi connectivity index (χ2v) is 2.85. The summed E-state index contributed by atoms with van der Waals surface area (Å²) in [5.41, 5.74) is 5.59. The van der Waals surface area contributed by atoms with Gasteiger partial charge in [0.25, 0.3) is 0 Å². The van der Waals surface area contributed by atoms with Gasteiger partial charge in [-0.15, -0.1) is 12.4 Å². The first-order chi connectivity index (χ1) is 6.50. The number of alkyl halides is 2. The number of benzene rings is 1. The van der Waals surface area contributed by atoms with E-state index >= 15 is 0 Å². The molecule has 0 aromatic heterocycles. The highest BCUT2D eigenvalue weighted by Crippen LogP contribution is 2.22. The van der Waals surface area contributed by atoms with Crippen molar-refractivity contribution in [2.24, 2.45) is 5.73 Å². The molecule has 0 aliphatic carbocycles. The summed E-state index contributed by atoms with van der Waals surface area (Å²) in [5.74, 6) is -0.615. The highest BCUT2D eigenvalue weighted by Gasteiger charge is 2.10. The molecule has 0 heterocycles. The van der Waals surface area contributed by atoms with E-state index in [1.807, 2.05) is 0 Å². The number of ether oxygens (including phenoxy) is 1. The van der Waals surface area contributed by atoms with Crippen molar-refractivity contribution < 1.29 is 17.9 Å². The molecule has 0 unspecified atom stereocenters. The Labute approximate surface area is 91.6 Å². The van der Waals surface area contributed by atoms with Crippen LogP contribution in [0.25, 0.3) is 0 Å². The van der Waals surface area contributed by atoms with Gasteiger partial charge >= 0.3 is 6.61 Å². The molecule has 0 bridgehead atoms. The molecule has 6 heteroatoms. The first-order valence-electron chi connectivity index (χ1n) is 4.00. The van der Waals surface area contributed by atoms with Gasteiger partial charge in [-0.3, -0.25) is 0 Å². The molecule has 0 amide bonds. The van der Waals surface area contributed by atoms with Crippen LogP contribution in [0.3, 0.4) is 0 Å². The summed E-state index contributed by atoms with van der Waals surface area (Å²) in [5, 5.41) is 0. The number of nitrogens with two attached hydrogens (primary N) is 1. The highest BCUT2D eigenvalue weighted by atomic mass is 35.5. The van der Waals surface area contributed by atoms with Gasteiger partial charge < -0.3 is 10.5 Å². The van der Waals surface area contributed by atoms with E-state index in [0.717, 1.165) is 12.1 Å². The van der Waals surface area contributed by atoms with E-state index in [1.165, 1.54) is 6.07 Å². The van der Waals surface area contributed by atoms with E-state index in [2.05, 4.69) is 4.74 Å². The van der Waals surface area contributed by atoms with Gasteiger partial charge in [0.15, 0.2) is 0 Å². The van der Waals surface area contributed by atoms with Crippen LogP contribution < -0.4 is 10.5 Å². The minimum absolute atomic E-state index is 0. The van der Waals surface area contributed by atoms with Gasteiger partial charge in [0.2, 0.25) is 0 Å². The average molecular weight is 242 g/mol. The van der Waals surface area contributed by atoms with Crippen LogP contribution >= 0.6 is 12.4 Å². The number of hydrogen-bond acceptors (Lipinski definition) is 2. The quantitative estimate of drug-likeness (QED) is 0.883. The molecule has 0 saturated carbocycles. The lowest BCUT2D eigenvalue weighted by atomic mass is 10.1. The van der Waals surface area contributed by atoms with Crippen LogP contribution in [0.15, 0.2) is 18.2 Å². The van der Waals surface area contributed by atoms with Crippen LogP contribution in [0.1, 0.15) is 18.5 Å². The Kier molecular flexibility index (Phi) is 5.46. The number of halogens is 4. The van der Waals surface area contributed by atoms with Gasteiger partial charge in [0.1, 0.15) is 11.6 Å². The molecule has 0 fully saturated rings.